The Morgan fingerprint density at radius 3 is 2.60 bits per heavy atom. The van der Waals surface area contributed by atoms with Crippen molar-refractivity contribution in [1.29, 1.82) is 0 Å². The van der Waals surface area contributed by atoms with Crippen molar-refractivity contribution in [3.05, 3.63) is 29.8 Å². The first-order chi connectivity index (χ1) is 9.65. The van der Waals surface area contributed by atoms with Crippen molar-refractivity contribution < 1.29 is 9.84 Å². The van der Waals surface area contributed by atoms with Crippen molar-refractivity contribution in [2.45, 2.75) is 63.9 Å². The first-order valence-corrected chi connectivity index (χ1v) is 8.00. The van der Waals surface area contributed by atoms with Gasteiger partial charge in [-0.15, -0.1) is 0 Å². The summed E-state index contributed by atoms with van der Waals surface area (Å²) in [5.41, 5.74) is 0.847. The fraction of sp³-hybridized carbons (Fsp3) is 0.667. The van der Waals surface area contributed by atoms with Gasteiger partial charge in [-0.2, -0.15) is 0 Å². The Labute approximate surface area is 123 Å². The van der Waals surface area contributed by atoms with Gasteiger partial charge in [0.15, 0.2) is 0 Å². The van der Waals surface area contributed by atoms with Crippen LogP contribution in [0, 0.1) is 5.92 Å². The second-order valence-electron chi connectivity index (χ2n) is 6.28. The number of hydrogen-bond donors (Lipinski definition) is 1. The largest absolute Gasteiger partial charge is 0.497 e. The Hall–Kier alpha value is -1.02. The third-order valence-corrected chi connectivity index (χ3v) is 4.89. The minimum absolute atomic E-state index is 0.441. The molecular formula is C18H28O2. The molecule has 0 spiro atoms. The SMILES string of the molecule is CCC1CCCC(O)(CCc2ccc(OC)cc2)CC1. The van der Waals surface area contributed by atoms with Gasteiger partial charge >= 0.3 is 0 Å². The summed E-state index contributed by atoms with van der Waals surface area (Å²) < 4.78 is 5.17. The molecule has 2 nitrogen and oxygen atoms in total. The van der Waals surface area contributed by atoms with Gasteiger partial charge in [0.25, 0.3) is 0 Å². The van der Waals surface area contributed by atoms with Crippen LogP contribution < -0.4 is 4.74 Å². The molecule has 2 atom stereocenters. The van der Waals surface area contributed by atoms with E-state index in [4.69, 9.17) is 4.74 Å². The van der Waals surface area contributed by atoms with Crippen molar-refractivity contribution in [2.24, 2.45) is 5.92 Å². The van der Waals surface area contributed by atoms with Gasteiger partial charge in [0.05, 0.1) is 12.7 Å². The molecule has 112 valence electrons. The van der Waals surface area contributed by atoms with E-state index in [0.29, 0.717) is 0 Å². The predicted octanol–water partition coefficient (Wildman–Crippen LogP) is 4.35. The van der Waals surface area contributed by atoms with Crippen LogP contribution in [0.3, 0.4) is 0 Å². The molecule has 2 rings (SSSR count). The maximum absolute atomic E-state index is 10.8. The Balaban J connectivity index is 1.88. The molecule has 1 aromatic rings. The van der Waals surface area contributed by atoms with Crippen LogP contribution in [-0.2, 0) is 6.42 Å². The number of methoxy groups -OCH3 is 1. The van der Waals surface area contributed by atoms with Crippen LogP contribution in [0.4, 0.5) is 0 Å². The predicted molar refractivity (Wildman–Crippen MR) is 83.1 cm³/mol. The Morgan fingerprint density at radius 1 is 1.20 bits per heavy atom. The summed E-state index contributed by atoms with van der Waals surface area (Å²) in [5, 5.41) is 10.8. The molecule has 0 heterocycles. The highest BCUT2D eigenvalue weighted by molar-refractivity contribution is 5.27. The highest BCUT2D eigenvalue weighted by Crippen LogP contribution is 2.34. The lowest BCUT2D eigenvalue weighted by atomic mass is 9.87. The van der Waals surface area contributed by atoms with E-state index in [1.54, 1.807) is 7.11 Å². The quantitative estimate of drug-likeness (QED) is 0.810. The smallest absolute Gasteiger partial charge is 0.118 e. The van der Waals surface area contributed by atoms with Crippen LogP contribution in [0.2, 0.25) is 0 Å². The average Bonchev–Trinajstić information content (AvgIpc) is 2.68. The average molecular weight is 276 g/mol. The first kappa shape index (κ1) is 15.4. The molecule has 0 bridgehead atoms. The van der Waals surface area contributed by atoms with Gasteiger partial charge < -0.3 is 9.84 Å². The maximum atomic E-state index is 10.8. The van der Waals surface area contributed by atoms with Crippen LogP contribution in [0.5, 0.6) is 5.75 Å². The Morgan fingerprint density at radius 2 is 1.95 bits per heavy atom. The Bertz CT molecular complexity index is 398. The van der Waals surface area contributed by atoms with Crippen LogP contribution in [-0.4, -0.2) is 17.8 Å². The van der Waals surface area contributed by atoms with Gasteiger partial charge in [0, 0.05) is 0 Å². The molecule has 1 aliphatic rings. The van der Waals surface area contributed by atoms with E-state index >= 15 is 0 Å². The number of rotatable bonds is 5. The van der Waals surface area contributed by atoms with E-state index in [9.17, 15) is 5.11 Å². The van der Waals surface area contributed by atoms with Crippen molar-refractivity contribution >= 4 is 0 Å². The normalized spacial score (nSPS) is 27.1. The molecule has 1 saturated carbocycles. The lowest BCUT2D eigenvalue weighted by Gasteiger charge is -2.27. The summed E-state index contributed by atoms with van der Waals surface area (Å²) in [4.78, 5) is 0. The van der Waals surface area contributed by atoms with Gasteiger partial charge in [-0.05, 0) is 55.7 Å². The molecule has 0 amide bonds. The summed E-state index contributed by atoms with van der Waals surface area (Å²) in [6.45, 7) is 2.27. The lowest BCUT2D eigenvalue weighted by molar-refractivity contribution is 0.0157. The van der Waals surface area contributed by atoms with E-state index in [0.717, 1.165) is 37.4 Å². The fourth-order valence-electron chi connectivity index (χ4n) is 3.29. The van der Waals surface area contributed by atoms with E-state index in [1.165, 1.54) is 31.2 Å². The van der Waals surface area contributed by atoms with E-state index in [-0.39, 0.29) is 0 Å². The minimum Gasteiger partial charge on any atom is -0.497 e. The summed E-state index contributed by atoms with van der Waals surface area (Å²) in [6, 6.07) is 8.21. The molecular weight excluding hydrogens is 248 g/mol. The zero-order valence-electron chi connectivity index (χ0n) is 12.9. The third kappa shape index (κ3) is 4.24. The van der Waals surface area contributed by atoms with Gasteiger partial charge in [0.2, 0.25) is 0 Å². The van der Waals surface area contributed by atoms with Crippen LogP contribution in [0.25, 0.3) is 0 Å². The molecule has 1 fully saturated rings. The summed E-state index contributed by atoms with van der Waals surface area (Å²) in [5.74, 6) is 1.72. The summed E-state index contributed by atoms with van der Waals surface area (Å²) in [7, 11) is 1.69. The number of benzene rings is 1. The second-order valence-corrected chi connectivity index (χ2v) is 6.28. The molecule has 0 radical (unpaired) electrons. The first-order valence-electron chi connectivity index (χ1n) is 8.00. The molecule has 0 aromatic heterocycles. The Kier molecular flexibility index (Phi) is 5.47. The second kappa shape index (κ2) is 7.12. The van der Waals surface area contributed by atoms with Crippen molar-refractivity contribution in [3.63, 3.8) is 0 Å². The topological polar surface area (TPSA) is 29.5 Å². The zero-order chi connectivity index (χ0) is 14.4. The lowest BCUT2D eigenvalue weighted by Crippen LogP contribution is -2.28. The standard InChI is InChI=1S/C18H28O2/c1-3-15-5-4-12-18(19,13-10-15)14-11-16-6-8-17(20-2)9-7-16/h6-9,15,19H,3-5,10-14H2,1-2H3. The van der Waals surface area contributed by atoms with Crippen molar-refractivity contribution in [2.75, 3.05) is 7.11 Å². The van der Waals surface area contributed by atoms with Crippen LogP contribution in [0.15, 0.2) is 24.3 Å². The molecule has 1 N–H and O–H groups in total. The molecule has 0 aliphatic heterocycles. The van der Waals surface area contributed by atoms with Crippen molar-refractivity contribution in [3.8, 4) is 5.75 Å². The van der Waals surface area contributed by atoms with Gasteiger partial charge in [-0.3, -0.25) is 0 Å². The highest BCUT2D eigenvalue weighted by atomic mass is 16.5. The van der Waals surface area contributed by atoms with E-state index in [1.807, 2.05) is 12.1 Å². The van der Waals surface area contributed by atoms with E-state index in [2.05, 4.69) is 19.1 Å². The number of aliphatic hydroxyl groups is 1. The molecule has 0 saturated heterocycles. The fourth-order valence-corrected chi connectivity index (χ4v) is 3.29. The van der Waals surface area contributed by atoms with Gasteiger partial charge in [-0.1, -0.05) is 38.3 Å². The number of hydrogen-bond acceptors (Lipinski definition) is 2. The number of aryl methyl sites for hydroxylation is 1. The molecule has 1 aromatic carbocycles. The molecule has 20 heavy (non-hydrogen) atoms. The van der Waals surface area contributed by atoms with E-state index < -0.39 is 5.60 Å². The third-order valence-electron chi connectivity index (χ3n) is 4.89. The minimum atomic E-state index is -0.441. The highest BCUT2D eigenvalue weighted by Gasteiger charge is 2.29. The van der Waals surface area contributed by atoms with Crippen LogP contribution >= 0.6 is 0 Å². The van der Waals surface area contributed by atoms with Crippen LogP contribution in [0.1, 0.15) is 57.4 Å². The monoisotopic (exact) mass is 276 g/mol. The van der Waals surface area contributed by atoms with Gasteiger partial charge in [-0.25, -0.2) is 0 Å². The van der Waals surface area contributed by atoms with Gasteiger partial charge in [0.1, 0.15) is 5.75 Å². The van der Waals surface area contributed by atoms with Crippen molar-refractivity contribution in [1.82, 2.24) is 0 Å². The molecule has 1 aliphatic carbocycles. The summed E-state index contributed by atoms with van der Waals surface area (Å²) >= 11 is 0. The number of ether oxygens (including phenoxy) is 1. The maximum Gasteiger partial charge on any atom is 0.118 e. The molecule has 2 heteroatoms. The summed E-state index contributed by atoms with van der Waals surface area (Å²) in [6.07, 6.45) is 8.71. The zero-order valence-corrected chi connectivity index (χ0v) is 12.9. The molecule has 2 unspecified atom stereocenters.